The fraction of sp³-hybridized carbons (Fsp3) is 0.500. The van der Waals surface area contributed by atoms with Gasteiger partial charge in [-0.15, -0.1) is 0 Å². The van der Waals surface area contributed by atoms with Crippen LogP contribution in [-0.4, -0.2) is 48.7 Å². The molecule has 0 bridgehead atoms. The average molecular weight is 336 g/mol. The van der Waals surface area contributed by atoms with Gasteiger partial charge in [-0.2, -0.15) is 11.3 Å². The largest absolute Gasteiger partial charge is 0.361 e. The second kappa shape index (κ2) is 7.61. The lowest BCUT2D eigenvalue weighted by Gasteiger charge is -2.25. The molecule has 0 aromatic carbocycles. The topological polar surface area (TPSA) is 61.6 Å². The number of nitrogens with one attached hydrogen (secondary N) is 1. The van der Waals surface area contributed by atoms with E-state index in [9.17, 15) is 4.79 Å². The Labute approximate surface area is 141 Å². The standard InChI is InChI=1S/C16H24N4O2S/c1-11-14(12(2)22-18-11)9-20(5)16(21)17-8-15(19(3)4)13-6-7-23-10-13/h6-7,10,15H,8-9H2,1-5H3,(H,17,21)/t15-/m1/s1. The minimum absolute atomic E-state index is 0.105. The molecule has 126 valence electrons. The van der Waals surface area contributed by atoms with Crippen molar-refractivity contribution in [3.8, 4) is 0 Å². The summed E-state index contributed by atoms with van der Waals surface area (Å²) < 4.78 is 5.14. The van der Waals surface area contributed by atoms with Crippen molar-refractivity contribution in [3.63, 3.8) is 0 Å². The van der Waals surface area contributed by atoms with E-state index < -0.39 is 0 Å². The molecule has 0 radical (unpaired) electrons. The van der Waals surface area contributed by atoms with Gasteiger partial charge in [-0.3, -0.25) is 0 Å². The third-order valence-corrected chi connectivity index (χ3v) is 4.62. The van der Waals surface area contributed by atoms with Crippen LogP contribution in [0.5, 0.6) is 0 Å². The lowest BCUT2D eigenvalue weighted by atomic mass is 10.1. The molecule has 0 spiro atoms. The summed E-state index contributed by atoms with van der Waals surface area (Å²) in [4.78, 5) is 16.1. The van der Waals surface area contributed by atoms with Crippen LogP contribution in [-0.2, 0) is 6.54 Å². The summed E-state index contributed by atoms with van der Waals surface area (Å²) in [7, 11) is 5.81. The monoisotopic (exact) mass is 336 g/mol. The first-order valence-corrected chi connectivity index (χ1v) is 8.43. The number of aromatic nitrogens is 1. The Hall–Kier alpha value is -1.86. The lowest BCUT2D eigenvalue weighted by Crippen LogP contribution is -2.41. The molecule has 0 aliphatic carbocycles. The van der Waals surface area contributed by atoms with Crippen molar-refractivity contribution in [2.24, 2.45) is 0 Å². The van der Waals surface area contributed by atoms with E-state index in [1.54, 1.807) is 23.3 Å². The van der Waals surface area contributed by atoms with Gasteiger partial charge >= 0.3 is 6.03 Å². The highest BCUT2D eigenvalue weighted by atomic mass is 32.1. The molecule has 2 amide bonds. The zero-order valence-electron chi connectivity index (χ0n) is 14.3. The van der Waals surface area contributed by atoms with Crippen LogP contribution in [0, 0.1) is 13.8 Å². The van der Waals surface area contributed by atoms with Crippen LogP contribution >= 0.6 is 11.3 Å². The van der Waals surface area contributed by atoms with Crippen molar-refractivity contribution in [1.29, 1.82) is 0 Å². The molecule has 0 saturated heterocycles. The minimum Gasteiger partial charge on any atom is -0.361 e. The zero-order valence-corrected chi connectivity index (χ0v) is 15.1. The van der Waals surface area contributed by atoms with Gasteiger partial charge in [-0.05, 0) is 50.3 Å². The lowest BCUT2D eigenvalue weighted by molar-refractivity contribution is 0.200. The van der Waals surface area contributed by atoms with E-state index >= 15 is 0 Å². The number of urea groups is 1. The van der Waals surface area contributed by atoms with Gasteiger partial charge in [0.2, 0.25) is 0 Å². The molecule has 23 heavy (non-hydrogen) atoms. The van der Waals surface area contributed by atoms with Gasteiger partial charge in [0.1, 0.15) is 5.76 Å². The molecule has 0 fully saturated rings. The van der Waals surface area contributed by atoms with Crippen LogP contribution < -0.4 is 5.32 Å². The number of hydrogen-bond donors (Lipinski definition) is 1. The predicted molar refractivity (Wildman–Crippen MR) is 91.6 cm³/mol. The molecule has 1 atom stereocenters. The molecule has 0 saturated carbocycles. The summed E-state index contributed by atoms with van der Waals surface area (Å²) >= 11 is 1.66. The number of hydrogen-bond acceptors (Lipinski definition) is 5. The van der Waals surface area contributed by atoms with E-state index in [2.05, 4.69) is 32.2 Å². The third-order valence-electron chi connectivity index (χ3n) is 3.92. The molecule has 1 N–H and O–H groups in total. The molecule has 2 rings (SSSR count). The van der Waals surface area contributed by atoms with Crippen molar-refractivity contribution < 1.29 is 9.32 Å². The maximum atomic E-state index is 12.3. The first-order valence-electron chi connectivity index (χ1n) is 7.49. The molecule has 2 aromatic rings. The van der Waals surface area contributed by atoms with Gasteiger partial charge in [-0.1, -0.05) is 5.16 Å². The van der Waals surface area contributed by atoms with Crippen LogP contribution in [0.3, 0.4) is 0 Å². The highest BCUT2D eigenvalue weighted by Crippen LogP contribution is 2.20. The summed E-state index contributed by atoms with van der Waals surface area (Å²) in [5, 5.41) is 11.1. The minimum atomic E-state index is -0.105. The van der Waals surface area contributed by atoms with Crippen molar-refractivity contribution in [1.82, 2.24) is 20.3 Å². The number of amides is 2. The van der Waals surface area contributed by atoms with Crippen LogP contribution in [0.15, 0.2) is 21.3 Å². The molecule has 7 heteroatoms. The third kappa shape index (κ3) is 4.33. The molecule has 0 unspecified atom stereocenters. The molecular formula is C16H24N4O2S. The summed E-state index contributed by atoms with van der Waals surface area (Å²) in [6, 6.07) is 2.15. The maximum Gasteiger partial charge on any atom is 0.317 e. The van der Waals surface area contributed by atoms with Crippen molar-refractivity contribution in [3.05, 3.63) is 39.4 Å². The Balaban J connectivity index is 1.93. The molecule has 0 aliphatic rings. The van der Waals surface area contributed by atoms with Gasteiger partial charge in [0.15, 0.2) is 0 Å². The van der Waals surface area contributed by atoms with E-state index in [1.807, 2.05) is 27.9 Å². The highest BCUT2D eigenvalue weighted by molar-refractivity contribution is 7.07. The number of rotatable bonds is 6. The van der Waals surface area contributed by atoms with E-state index in [1.165, 1.54) is 5.56 Å². The highest BCUT2D eigenvalue weighted by Gasteiger charge is 2.19. The van der Waals surface area contributed by atoms with Gasteiger partial charge in [0.25, 0.3) is 0 Å². The number of thiophene rings is 1. The number of aryl methyl sites for hydroxylation is 2. The molecule has 0 aliphatic heterocycles. The second-order valence-corrected chi connectivity index (χ2v) is 6.66. The quantitative estimate of drug-likeness (QED) is 0.881. The van der Waals surface area contributed by atoms with E-state index in [0.29, 0.717) is 13.1 Å². The van der Waals surface area contributed by atoms with Gasteiger partial charge in [0, 0.05) is 19.2 Å². The maximum absolute atomic E-state index is 12.3. The second-order valence-electron chi connectivity index (χ2n) is 5.88. The number of nitrogens with zero attached hydrogens (tertiary/aromatic N) is 3. The summed E-state index contributed by atoms with van der Waals surface area (Å²) in [6.45, 7) is 4.79. The first kappa shape index (κ1) is 17.5. The Morgan fingerprint density at radius 1 is 1.39 bits per heavy atom. The predicted octanol–water partition coefficient (Wildman–Crippen LogP) is 2.80. The smallest absolute Gasteiger partial charge is 0.317 e. The molecular weight excluding hydrogens is 312 g/mol. The Bertz CT molecular complexity index is 617. The van der Waals surface area contributed by atoms with Gasteiger partial charge < -0.3 is 19.6 Å². The molecule has 2 aromatic heterocycles. The molecule has 2 heterocycles. The summed E-state index contributed by atoms with van der Waals surface area (Å²) in [6.07, 6.45) is 0. The summed E-state index contributed by atoms with van der Waals surface area (Å²) in [5.74, 6) is 0.756. The number of carbonyl (C=O) groups is 1. The fourth-order valence-corrected chi connectivity index (χ4v) is 3.13. The SMILES string of the molecule is Cc1noc(C)c1CN(C)C(=O)NC[C@H](c1ccsc1)N(C)C. The van der Waals surface area contributed by atoms with Gasteiger partial charge in [-0.25, -0.2) is 4.79 Å². The van der Waals surface area contributed by atoms with Crippen molar-refractivity contribution in [2.45, 2.75) is 26.4 Å². The average Bonchev–Trinajstić information content (AvgIpc) is 3.12. The van der Waals surface area contributed by atoms with Crippen molar-refractivity contribution in [2.75, 3.05) is 27.7 Å². The van der Waals surface area contributed by atoms with Crippen LogP contribution in [0.4, 0.5) is 4.79 Å². The zero-order chi connectivity index (χ0) is 17.0. The Kier molecular flexibility index (Phi) is 5.79. The number of likely N-dealkylation sites (N-methyl/N-ethyl adjacent to an activating group) is 1. The normalized spacial score (nSPS) is 12.4. The van der Waals surface area contributed by atoms with Crippen LogP contribution in [0.1, 0.15) is 28.6 Å². The first-order chi connectivity index (χ1) is 10.9. The molecule has 6 nitrogen and oxygen atoms in total. The Morgan fingerprint density at radius 3 is 2.65 bits per heavy atom. The van der Waals surface area contributed by atoms with Crippen LogP contribution in [0.25, 0.3) is 0 Å². The fourth-order valence-electron chi connectivity index (χ4n) is 2.42. The Morgan fingerprint density at radius 2 is 2.13 bits per heavy atom. The van der Waals surface area contributed by atoms with E-state index in [4.69, 9.17) is 4.52 Å². The van der Waals surface area contributed by atoms with Crippen LogP contribution in [0.2, 0.25) is 0 Å². The van der Waals surface area contributed by atoms with Crippen molar-refractivity contribution >= 4 is 17.4 Å². The van der Waals surface area contributed by atoms with Gasteiger partial charge in [0.05, 0.1) is 18.3 Å². The van der Waals surface area contributed by atoms with E-state index in [-0.39, 0.29) is 12.1 Å². The number of carbonyl (C=O) groups excluding carboxylic acids is 1. The summed E-state index contributed by atoms with van der Waals surface area (Å²) in [5.41, 5.74) is 3.00. The van der Waals surface area contributed by atoms with E-state index in [0.717, 1.165) is 17.0 Å².